The minimum atomic E-state index is -4.77. The van der Waals surface area contributed by atoms with Gasteiger partial charge in [0.25, 0.3) is 0 Å². The zero-order valence-corrected chi connectivity index (χ0v) is 9.87. The molecule has 19 heavy (non-hydrogen) atoms. The topological polar surface area (TPSA) is 35.5 Å². The van der Waals surface area contributed by atoms with Gasteiger partial charge >= 0.3 is 6.36 Å². The Bertz CT molecular complexity index is 506. The zero-order valence-electron chi connectivity index (χ0n) is 9.87. The molecule has 6 heteroatoms. The molecule has 1 aromatic carbocycles. The quantitative estimate of drug-likeness (QED) is 0.790. The van der Waals surface area contributed by atoms with Gasteiger partial charge in [-0.1, -0.05) is 12.1 Å². The Morgan fingerprint density at radius 1 is 1.32 bits per heavy atom. The van der Waals surface area contributed by atoms with Crippen LogP contribution in [0.3, 0.4) is 0 Å². The maximum absolute atomic E-state index is 12.1. The molecule has 1 heterocycles. The van der Waals surface area contributed by atoms with Crippen molar-refractivity contribution in [1.82, 2.24) is 0 Å². The standard InChI is InChI=1S/C13H11F3O3/c14-13(15,16)19-11-5-1-3-9(7-11)12(17)10-4-2-6-18-8-10/h1,3,5,7-8H,2,4,6H2. The molecule has 3 nitrogen and oxygen atoms in total. The molecule has 102 valence electrons. The molecule has 2 rings (SSSR count). The summed E-state index contributed by atoms with van der Waals surface area (Å²) >= 11 is 0. The first-order valence-corrected chi connectivity index (χ1v) is 5.67. The Hall–Kier alpha value is -1.98. The number of benzene rings is 1. The summed E-state index contributed by atoms with van der Waals surface area (Å²) in [4.78, 5) is 12.0. The minimum absolute atomic E-state index is 0.151. The van der Waals surface area contributed by atoms with E-state index in [0.29, 0.717) is 18.6 Å². The van der Waals surface area contributed by atoms with Crippen molar-refractivity contribution in [3.8, 4) is 5.75 Å². The van der Waals surface area contributed by atoms with Crippen LogP contribution in [0, 0.1) is 0 Å². The third-order valence-corrected chi connectivity index (χ3v) is 2.56. The van der Waals surface area contributed by atoms with E-state index in [1.807, 2.05) is 0 Å². The van der Waals surface area contributed by atoms with E-state index in [0.717, 1.165) is 18.6 Å². The number of Topliss-reactive ketones (excluding diaryl/α,β-unsaturated/α-hetero) is 1. The van der Waals surface area contributed by atoms with Gasteiger partial charge in [-0.3, -0.25) is 4.79 Å². The fourth-order valence-corrected chi connectivity index (χ4v) is 1.75. The molecule has 0 unspecified atom stereocenters. The predicted molar refractivity (Wildman–Crippen MR) is 60.7 cm³/mol. The molecule has 1 aliphatic rings. The summed E-state index contributed by atoms with van der Waals surface area (Å²) in [5, 5.41) is 0. The van der Waals surface area contributed by atoms with E-state index in [4.69, 9.17) is 4.74 Å². The molecule has 0 saturated heterocycles. The number of hydrogen-bond donors (Lipinski definition) is 0. The lowest BCUT2D eigenvalue weighted by atomic mass is 10.00. The number of ketones is 1. The van der Waals surface area contributed by atoms with Gasteiger partial charge in [-0.05, 0) is 25.0 Å². The van der Waals surface area contributed by atoms with Gasteiger partial charge in [-0.2, -0.15) is 0 Å². The van der Waals surface area contributed by atoms with Crippen molar-refractivity contribution in [2.45, 2.75) is 19.2 Å². The number of hydrogen-bond acceptors (Lipinski definition) is 3. The van der Waals surface area contributed by atoms with Crippen molar-refractivity contribution in [2.24, 2.45) is 0 Å². The largest absolute Gasteiger partial charge is 0.573 e. The normalized spacial score (nSPS) is 15.4. The predicted octanol–water partition coefficient (Wildman–Crippen LogP) is 3.46. The van der Waals surface area contributed by atoms with Crippen molar-refractivity contribution in [3.05, 3.63) is 41.7 Å². The lowest BCUT2D eigenvalue weighted by molar-refractivity contribution is -0.274. The lowest BCUT2D eigenvalue weighted by Gasteiger charge is -2.13. The highest BCUT2D eigenvalue weighted by atomic mass is 19.4. The van der Waals surface area contributed by atoms with Crippen LogP contribution in [-0.2, 0) is 4.74 Å². The highest BCUT2D eigenvalue weighted by molar-refractivity contribution is 6.08. The number of carbonyl (C=O) groups is 1. The maximum atomic E-state index is 12.1. The number of rotatable bonds is 3. The van der Waals surface area contributed by atoms with Crippen LogP contribution >= 0.6 is 0 Å². The molecule has 1 aromatic rings. The van der Waals surface area contributed by atoms with Gasteiger partial charge in [0.2, 0.25) is 0 Å². The summed E-state index contributed by atoms with van der Waals surface area (Å²) in [6.07, 6.45) is -2.13. The Balaban J connectivity index is 2.18. The highest BCUT2D eigenvalue weighted by Crippen LogP contribution is 2.25. The number of ether oxygens (including phenoxy) is 2. The summed E-state index contributed by atoms with van der Waals surface area (Å²) in [7, 11) is 0. The molecule has 1 aliphatic heterocycles. The van der Waals surface area contributed by atoms with Gasteiger partial charge in [-0.25, -0.2) is 0 Å². The van der Waals surface area contributed by atoms with Gasteiger partial charge < -0.3 is 9.47 Å². The molecule has 0 atom stereocenters. The van der Waals surface area contributed by atoms with Crippen LogP contribution in [0.4, 0.5) is 13.2 Å². The number of alkyl halides is 3. The average Bonchev–Trinajstić information content (AvgIpc) is 2.37. The van der Waals surface area contributed by atoms with Crippen LogP contribution in [0.5, 0.6) is 5.75 Å². The molecule has 0 saturated carbocycles. The molecular formula is C13H11F3O3. The smallest absolute Gasteiger partial charge is 0.501 e. The number of allylic oxidation sites excluding steroid dienone is 1. The van der Waals surface area contributed by atoms with Crippen LogP contribution < -0.4 is 4.74 Å². The third kappa shape index (κ3) is 3.74. The molecule has 0 spiro atoms. The van der Waals surface area contributed by atoms with E-state index < -0.39 is 12.1 Å². The third-order valence-electron chi connectivity index (χ3n) is 2.56. The second kappa shape index (κ2) is 5.34. The molecular weight excluding hydrogens is 261 g/mol. The second-order valence-electron chi connectivity index (χ2n) is 4.02. The van der Waals surface area contributed by atoms with Crippen LogP contribution in [0.15, 0.2) is 36.1 Å². The number of halogens is 3. The van der Waals surface area contributed by atoms with Crippen LogP contribution in [0.2, 0.25) is 0 Å². The van der Waals surface area contributed by atoms with Crippen molar-refractivity contribution in [3.63, 3.8) is 0 Å². The van der Waals surface area contributed by atoms with Gasteiger partial charge in [0.05, 0.1) is 12.9 Å². The Kier molecular flexibility index (Phi) is 3.78. The molecule has 0 aromatic heterocycles. The first-order valence-electron chi connectivity index (χ1n) is 5.67. The van der Waals surface area contributed by atoms with E-state index in [9.17, 15) is 18.0 Å². The summed E-state index contributed by atoms with van der Waals surface area (Å²) in [5.74, 6) is -0.747. The van der Waals surface area contributed by atoms with Crippen molar-refractivity contribution in [1.29, 1.82) is 0 Å². The van der Waals surface area contributed by atoms with E-state index in [2.05, 4.69) is 4.74 Å². The minimum Gasteiger partial charge on any atom is -0.501 e. The van der Waals surface area contributed by atoms with Crippen LogP contribution in [0.1, 0.15) is 23.2 Å². The molecule has 0 amide bonds. The molecule has 0 bridgehead atoms. The Morgan fingerprint density at radius 3 is 2.74 bits per heavy atom. The van der Waals surface area contributed by atoms with Crippen molar-refractivity contribution in [2.75, 3.05) is 6.61 Å². The van der Waals surface area contributed by atoms with E-state index in [-0.39, 0.29) is 11.3 Å². The second-order valence-corrected chi connectivity index (χ2v) is 4.02. The Morgan fingerprint density at radius 2 is 2.11 bits per heavy atom. The van der Waals surface area contributed by atoms with E-state index >= 15 is 0 Å². The Labute approximate surface area is 107 Å². The summed E-state index contributed by atoms with van der Waals surface area (Å²) in [6, 6.07) is 5.01. The fourth-order valence-electron chi connectivity index (χ4n) is 1.75. The van der Waals surface area contributed by atoms with Gasteiger partial charge in [-0.15, -0.1) is 13.2 Å². The van der Waals surface area contributed by atoms with Gasteiger partial charge in [0.1, 0.15) is 5.75 Å². The zero-order chi connectivity index (χ0) is 13.9. The van der Waals surface area contributed by atoms with Crippen molar-refractivity contribution < 1.29 is 27.4 Å². The van der Waals surface area contributed by atoms with E-state index in [1.165, 1.54) is 18.4 Å². The van der Waals surface area contributed by atoms with Gasteiger partial charge in [0.15, 0.2) is 5.78 Å². The maximum Gasteiger partial charge on any atom is 0.573 e. The summed E-state index contributed by atoms with van der Waals surface area (Å²) < 4.78 is 45.1. The molecule has 0 fully saturated rings. The number of carbonyl (C=O) groups excluding carboxylic acids is 1. The lowest BCUT2D eigenvalue weighted by Crippen LogP contribution is -2.17. The molecule has 0 radical (unpaired) electrons. The first kappa shape index (κ1) is 13.5. The molecule has 0 aliphatic carbocycles. The van der Waals surface area contributed by atoms with Gasteiger partial charge in [0, 0.05) is 11.1 Å². The van der Waals surface area contributed by atoms with Crippen molar-refractivity contribution >= 4 is 5.78 Å². The first-order chi connectivity index (χ1) is 8.96. The fraction of sp³-hybridized carbons (Fsp3) is 0.308. The monoisotopic (exact) mass is 272 g/mol. The SMILES string of the molecule is O=C(C1=COCCC1)c1cccc(OC(F)(F)F)c1. The highest BCUT2D eigenvalue weighted by Gasteiger charge is 2.31. The summed E-state index contributed by atoms with van der Waals surface area (Å²) in [6.45, 7) is 0.550. The average molecular weight is 272 g/mol. The molecule has 0 N–H and O–H groups in total. The van der Waals surface area contributed by atoms with E-state index in [1.54, 1.807) is 0 Å². The van der Waals surface area contributed by atoms with Crippen LogP contribution in [0.25, 0.3) is 0 Å². The van der Waals surface area contributed by atoms with Crippen LogP contribution in [-0.4, -0.2) is 18.8 Å². The summed E-state index contributed by atoms with van der Waals surface area (Å²) in [5.41, 5.74) is 0.605.